The number of phenols is 2. The van der Waals surface area contributed by atoms with Crippen molar-refractivity contribution >= 4 is 32.9 Å². The van der Waals surface area contributed by atoms with Gasteiger partial charge in [-0.3, -0.25) is 0 Å². The molecule has 3 rings (SSSR count). The topological polar surface area (TPSA) is 92.5 Å². The largest absolute Gasteiger partial charge is 0.506 e. The first-order valence-electron chi connectivity index (χ1n) is 5.49. The second-order valence-corrected chi connectivity index (χ2v) is 4.37. The summed E-state index contributed by atoms with van der Waals surface area (Å²) in [5, 5.41) is 22.8. The second-order valence-electron chi connectivity index (χ2n) is 4.37. The highest BCUT2D eigenvalue weighted by Gasteiger charge is 2.05. The lowest BCUT2D eigenvalue weighted by molar-refractivity contribution is 0.478. The molecule has 0 saturated heterocycles. The van der Waals surface area contributed by atoms with Crippen molar-refractivity contribution < 1.29 is 10.2 Å². The molecule has 4 nitrogen and oxygen atoms in total. The molecular weight excluding hydrogens is 228 g/mol. The van der Waals surface area contributed by atoms with Gasteiger partial charge in [-0.2, -0.15) is 0 Å². The molecule has 0 aromatic heterocycles. The number of nitrogens with two attached hydrogens (primary N) is 2. The third-order valence-electron chi connectivity index (χ3n) is 3.09. The monoisotopic (exact) mass is 240 g/mol. The molecule has 3 aromatic carbocycles. The number of hydrogen-bond acceptors (Lipinski definition) is 4. The van der Waals surface area contributed by atoms with Crippen LogP contribution < -0.4 is 11.5 Å². The fourth-order valence-corrected chi connectivity index (χ4v) is 2.11. The Bertz CT molecular complexity index is 653. The van der Waals surface area contributed by atoms with Gasteiger partial charge in [0.2, 0.25) is 0 Å². The molecule has 6 N–H and O–H groups in total. The van der Waals surface area contributed by atoms with Gasteiger partial charge in [-0.05, 0) is 57.9 Å². The van der Waals surface area contributed by atoms with Crippen LogP contribution in [0.4, 0.5) is 11.4 Å². The van der Waals surface area contributed by atoms with Crippen LogP contribution >= 0.6 is 0 Å². The first-order valence-corrected chi connectivity index (χ1v) is 5.49. The van der Waals surface area contributed by atoms with E-state index in [2.05, 4.69) is 0 Å². The number of anilines is 2. The van der Waals surface area contributed by atoms with E-state index in [-0.39, 0.29) is 11.5 Å². The minimum atomic E-state index is 0.0635. The van der Waals surface area contributed by atoms with Crippen LogP contribution in [0.15, 0.2) is 36.4 Å². The first-order chi connectivity index (χ1) is 8.54. The summed E-state index contributed by atoms with van der Waals surface area (Å²) in [6.07, 6.45) is 0. The van der Waals surface area contributed by atoms with Gasteiger partial charge in [0.1, 0.15) is 11.5 Å². The molecule has 0 spiro atoms. The Morgan fingerprint density at radius 1 is 0.556 bits per heavy atom. The molecule has 0 atom stereocenters. The Hall–Kier alpha value is -2.62. The van der Waals surface area contributed by atoms with Gasteiger partial charge >= 0.3 is 0 Å². The highest BCUT2D eigenvalue weighted by atomic mass is 16.3. The molecule has 4 heteroatoms. The summed E-state index contributed by atoms with van der Waals surface area (Å²) in [6.45, 7) is 0. The van der Waals surface area contributed by atoms with Crippen molar-refractivity contribution in [2.45, 2.75) is 0 Å². The fraction of sp³-hybridized carbons (Fsp3) is 0. The van der Waals surface area contributed by atoms with Gasteiger partial charge in [-0.15, -0.1) is 0 Å². The number of fused-ring (bicyclic) bond motifs is 2. The zero-order valence-corrected chi connectivity index (χ0v) is 9.51. The Morgan fingerprint density at radius 2 is 0.889 bits per heavy atom. The quantitative estimate of drug-likeness (QED) is 0.276. The lowest BCUT2D eigenvalue weighted by Crippen LogP contribution is -1.88. The minimum absolute atomic E-state index is 0.0635. The summed E-state index contributed by atoms with van der Waals surface area (Å²) in [6, 6.07) is 10.5. The maximum atomic E-state index is 9.60. The van der Waals surface area contributed by atoms with E-state index in [0.29, 0.717) is 11.4 Å². The van der Waals surface area contributed by atoms with Gasteiger partial charge in [0.05, 0.1) is 11.4 Å². The average Bonchev–Trinajstić information content (AvgIpc) is 2.31. The highest BCUT2D eigenvalue weighted by molar-refractivity contribution is 6.01. The van der Waals surface area contributed by atoms with E-state index >= 15 is 0 Å². The van der Waals surface area contributed by atoms with Crippen molar-refractivity contribution in [2.75, 3.05) is 11.5 Å². The molecule has 0 aliphatic rings. The Labute approximate surface area is 103 Å². The summed E-state index contributed by atoms with van der Waals surface area (Å²) in [5.41, 5.74) is 12.0. The van der Waals surface area contributed by atoms with Crippen LogP contribution in [0.3, 0.4) is 0 Å². The van der Waals surface area contributed by atoms with Crippen LogP contribution in [0.2, 0.25) is 0 Å². The number of aromatic hydroxyl groups is 2. The number of hydrogen-bond donors (Lipinski definition) is 4. The lowest BCUT2D eigenvalue weighted by Gasteiger charge is -2.07. The molecule has 0 radical (unpaired) electrons. The number of phenolic OH excluding ortho intramolecular Hbond substituents is 2. The lowest BCUT2D eigenvalue weighted by atomic mass is 10.0. The summed E-state index contributed by atoms with van der Waals surface area (Å²) in [5.74, 6) is 0.127. The van der Waals surface area contributed by atoms with Crippen LogP contribution in [0.1, 0.15) is 0 Å². The highest BCUT2D eigenvalue weighted by Crippen LogP contribution is 2.33. The van der Waals surface area contributed by atoms with Crippen molar-refractivity contribution in [2.24, 2.45) is 0 Å². The van der Waals surface area contributed by atoms with Crippen LogP contribution in [-0.4, -0.2) is 10.2 Å². The van der Waals surface area contributed by atoms with Crippen molar-refractivity contribution in [1.82, 2.24) is 0 Å². The Morgan fingerprint density at radius 3 is 1.28 bits per heavy atom. The van der Waals surface area contributed by atoms with Crippen LogP contribution in [0, 0.1) is 0 Å². The molecule has 0 bridgehead atoms. The van der Waals surface area contributed by atoms with E-state index in [1.54, 1.807) is 24.3 Å². The maximum absolute atomic E-state index is 9.60. The predicted octanol–water partition coefficient (Wildman–Crippen LogP) is 2.57. The summed E-state index contributed by atoms with van der Waals surface area (Å²) in [4.78, 5) is 0. The van der Waals surface area contributed by atoms with Crippen LogP contribution in [-0.2, 0) is 0 Å². The predicted molar refractivity (Wildman–Crippen MR) is 73.6 cm³/mol. The second kappa shape index (κ2) is 3.43. The van der Waals surface area contributed by atoms with Gasteiger partial charge in [0, 0.05) is 0 Å². The Kier molecular flexibility index (Phi) is 2.01. The fourth-order valence-electron chi connectivity index (χ4n) is 2.11. The molecule has 0 aliphatic heterocycles. The summed E-state index contributed by atoms with van der Waals surface area (Å²) in [7, 11) is 0. The maximum Gasteiger partial charge on any atom is 0.139 e. The summed E-state index contributed by atoms with van der Waals surface area (Å²) < 4.78 is 0. The standard InChI is InChI=1S/C14H12N2O2/c15-11-3-7-1-9-5-13(17)12(16)4-8(9)2-10(7)6-14(11)18/h1-6,17-18H,15-16H2. The molecule has 0 saturated carbocycles. The zero-order chi connectivity index (χ0) is 12.9. The smallest absolute Gasteiger partial charge is 0.139 e. The van der Waals surface area contributed by atoms with E-state index in [0.717, 1.165) is 21.5 Å². The van der Waals surface area contributed by atoms with E-state index in [1.165, 1.54) is 0 Å². The van der Waals surface area contributed by atoms with Crippen LogP contribution in [0.5, 0.6) is 11.5 Å². The van der Waals surface area contributed by atoms with Gasteiger partial charge in [-0.25, -0.2) is 0 Å². The van der Waals surface area contributed by atoms with Crippen molar-refractivity contribution in [3.05, 3.63) is 36.4 Å². The van der Waals surface area contributed by atoms with E-state index in [9.17, 15) is 10.2 Å². The first kappa shape index (κ1) is 10.5. The third kappa shape index (κ3) is 1.47. The van der Waals surface area contributed by atoms with Crippen molar-refractivity contribution in [3.63, 3.8) is 0 Å². The molecular formula is C14H12N2O2. The third-order valence-corrected chi connectivity index (χ3v) is 3.09. The number of nitrogen functional groups attached to an aromatic ring is 2. The van der Waals surface area contributed by atoms with Gasteiger partial charge in [-0.1, -0.05) is 0 Å². The number of benzene rings is 3. The van der Waals surface area contributed by atoms with Gasteiger partial charge in [0.25, 0.3) is 0 Å². The van der Waals surface area contributed by atoms with E-state index in [1.807, 2.05) is 12.1 Å². The van der Waals surface area contributed by atoms with Crippen molar-refractivity contribution in [3.8, 4) is 11.5 Å². The molecule has 0 aliphatic carbocycles. The molecule has 90 valence electrons. The van der Waals surface area contributed by atoms with Gasteiger partial charge < -0.3 is 21.7 Å². The normalized spacial score (nSPS) is 11.1. The van der Waals surface area contributed by atoms with E-state index in [4.69, 9.17) is 11.5 Å². The molecule has 0 heterocycles. The Balaban J connectivity index is 2.43. The molecule has 0 unspecified atom stereocenters. The minimum Gasteiger partial charge on any atom is -0.506 e. The van der Waals surface area contributed by atoms with E-state index < -0.39 is 0 Å². The molecule has 0 fully saturated rings. The average molecular weight is 240 g/mol. The zero-order valence-electron chi connectivity index (χ0n) is 9.51. The van der Waals surface area contributed by atoms with Gasteiger partial charge in [0.15, 0.2) is 0 Å². The molecule has 18 heavy (non-hydrogen) atoms. The SMILES string of the molecule is Nc1cc2cc3cc(O)c(N)cc3cc2cc1O. The molecule has 3 aromatic rings. The van der Waals surface area contributed by atoms with Crippen molar-refractivity contribution in [1.29, 1.82) is 0 Å². The molecule has 0 amide bonds. The van der Waals surface area contributed by atoms with Crippen LogP contribution in [0.25, 0.3) is 21.5 Å². The summed E-state index contributed by atoms with van der Waals surface area (Å²) >= 11 is 0. The number of rotatable bonds is 0.